The number of para-hydroxylation sites is 1. The monoisotopic (exact) mass is 196 g/mol. The summed E-state index contributed by atoms with van der Waals surface area (Å²) in [5, 5.41) is 0. The van der Waals surface area contributed by atoms with Gasteiger partial charge >= 0.3 is 0 Å². The van der Waals surface area contributed by atoms with Gasteiger partial charge in [-0.1, -0.05) is 42.5 Å². The smallest absolute Gasteiger partial charge is 0.235 e. The van der Waals surface area contributed by atoms with E-state index < -0.39 is 0 Å². The van der Waals surface area contributed by atoms with Crippen molar-refractivity contribution in [1.29, 1.82) is 0 Å². The standard InChI is InChI=1S/C13H10NO/c14-13-11(9-15)7-4-8-12(13)10-5-2-1-3-6-10/h1-8H,14H2. The lowest BCUT2D eigenvalue weighted by atomic mass is 10.0. The van der Waals surface area contributed by atoms with E-state index in [-0.39, 0.29) is 0 Å². The number of benzene rings is 2. The summed E-state index contributed by atoms with van der Waals surface area (Å²) in [5.74, 6) is 0. The summed E-state index contributed by atoms with van der Waals surface area (Å²) >= 11 is 0. The van der Waals surface area contributed by atoms with Gasteiger partial charge in [0.15, 0.2) is 0 Å². The summed E-state index contributed by atoms with van der Waals surface area (Å²) in [6.07, 6.45) is 1.83. The molecular weight excluding hydrogens is 186 g/mol. The molecule has 0 fully saturated rings. The first-order chi connectivity index (χ1) is 7.33. The van der Waals surface area contributed by atoms with Crippen molar-refractivity contribution in [1.82, 2.24) is 0 Å². The third-order valence-corrected chi connectivity index (χ3v) is 2.30. The average molecular weight is 196 g/mol. The molecule has 0 saturated carbocycles. The van der Waals surface area contributed by atoms with Crippen LogP contribution in [-0.4, -0.2) is 6.29 Å². The molecule has 0 unspecified atom stereocenters. The van der Waals surface area contributed by atoms with E-state index in [0.717, 1.165) is 11.1 Å². The lowest BCUT2D eigenvalue weighted by Crippen LogP contribution is -1.95. The van der Waals surface area contributed by atoms with Crippen molar-refractivity contribution in [2.75, 3.05) is 5.73 Å². The predicted molar refractivity (Wildman–Crippen MR) is 61.1 cm³/mol. The number of hydrogen-bond donors (Lipinski definition) is 1. The topological polar surface area (TPSA) is 43.1 Å². The van der Waals surface area contributed by atoms with Gasteiger partial charge < -0.3 is 5.73 Å². The maximum absolute atomic E-state index is 10.6. The van der Waals surface area contributed by atoms with Crippen LogP contribution in [0, 0.1) is 0 Å². The van der Waals surface area contributed by atoms with Crippen LogP contribution in [0.1, 0.15) is 5.56 Å². The van der Waals surface area contributed by atoms with E-state index in [1.807, 2.05) is 42.7 Å². The Morgan fingerprint density at radius 1 is 0.933 bits per heavy atom. The van der Waals surface area contributed by atoms with E-state index in [4.69, 9.17) is 5.73 Å². The number of rotatable bonds is 2. The Hall–Kier alpha value is -2.09. The molecule has 0 aliphatic carbocycles. The molecule has 0 amide bonds. The summed E-state index contributed by atoms with van der Waals surface area (Å²) in [4.78, 5) is 10.6. The maximum Gasteiger partial charge on any atom is 0.235 e. The van der Waals surface area contributed by atoms with Crippen molar-refractivity contribution in [2.45, 2.75) is 0 Å². The van der Waals surface area contributed by atoms with Crippen LogP contribution in [0.15, 0.2) is 48.5 Å². The van der Waals surface area contributed by atoms with E-state index >= 15 is 0 Å². The van der Waals surface area contributed by atoms with E-state index in [1.54, 1.807) is 12.1 Å². The summed E-state index contributed by atoms with van der Waals surface area (Å²) in [6.45, 7) is 0. The average Bonchev–Trinajstić information content (AvgIpc) is 2.30. The van der Waals surface area contributed by atoms with Crippen molar-refractivity contribution in [3.63, 3.8) is 0 Å². The molecule has 2 aromatic rings. The van der Waals surface area contributed by atoms with Crippen molar-refractivity contribution in [2.24, 2.45) is 0 Å². The molecule has 1 radical (unpaired) electrons. The fraction of sp³-hybridized carbons (Fsp3) is 0. The third-order valence-electron chi connectivity index (χ3n) is 2.30. The Kier molecular flexibility index (Phi) is 2.50. The molecule has 0 heterocycles. The van der Waals surface area contributed by atoms with Crippen molar-refractivity contribution in [3.8, 4) is 11.1 Å². The SMILES string of the molecule is Nc1c([C]=O)cccc1-c1ccccc1. The molecule has 0 aliphatic heterocycles. The van der Waals surface area contributed by atoms with Gasteiger partial charge in [0.2, 0.25) is 6.29 Å². The fourth-order valence-electron chi connectivity index (χ4n) is 1.52. The van der Waals surface area contributed by atoms with Crippen LogP contribution in [0.3, 0.4) is 0 Å². The highest BCUT2D eigenvalue weighted by atomic mass is 16.1. The summed E-state index contributed by atoms with van der Waals surface area (Å²) in [7, 11) is 0. The van der Waals surface area contributed by atoms with Gasteiger partial charge in [-0.05, 0) is 11.6 Å². The maximum atomic E-state index is 10.6. The zero-order valence-corrected chi connectivity index (χ0v) is 8.10. The molecule has 15 heavy (non-hydrogen) atoms. The number of anilines is 1. The van der Waals surface area contributed by atoms with Gasteiger partial charge in [-0.25, -0.2) is 0 Å². The zero-order chi connectivity index (χ0) is 10.7. The van der Waals surface area contributed by atoms with Crippen LogP contribution >= 0.6 is 0 Å². The Bertz CT molecular complexity index is 477. The van der Waals surface area contributed by atoms with E-state index in [2.05, 4.69) is 0 Å². The molecule has 0 spiro atoms. The Morgan fingerprint density at radius 3 is 2.33 bits per heavy atom. The summed E-state index contributed by atoms with van der Waals surface area (Å²) in [5.41, 5.74) is 8.64. The fourth-order valence-corrected chi connectivity index (χ4v) is 1.52. The normalized spacial score (nSPS) is 9.87. The molecule has 2 rings (SSSR count). The largest absolute Gasteiger partial charge is 0.398 e. The van der Waals surface area contributed by atoms with Gasteiger partial charge in [-0.3, -0.25) is 4.79 Å². The van der Waals surface area contributed by atoms with E-state index in [0.29, 0.717) is 11.3 Å². The number of nitrogen functional groups attached to an aromatic ring is 1. The van der Waals surface area contributed by atoms with Gasteiger partial charge in [-0.15, -0.1) is 0 Å². The zero-order valence-electron chi connectivity index (χ0n) is 8.10. The Balaban J connectivity index is 2.59. The van der Waals surface area contributed by atoms with Crippen molar-refractivity contribution in [3.05, 3.63) is 54.1 Å². The third kappa shape index (κ3) is 1.74. The predicted octanol–water partition coefficient (Wildman–Crippen LogP) is 2.39. The summed E-state index contributed by atoms with van der Waals surface area (Å²) < 4.78 is 0. The Labute approximate surface area is 88.4 Å². The molecule has 0 atom stereocenters. The van der Waals surface area contributed by atoms with Crippen LogP contribution in [0.25, 0.3) is 11.1 Å². The summed E-state index contributed by atoms with van der Waals surface area (Å²) in [6, 6.07) is 15.1. The second kappa shape index (κ2) is 3.96. The van der Waals surface area contributed by atoms with Crippen LogP contribution < -0.4 is 5.73 Å². The minimum atomic E-state index is 0.413. The van der Waals surface area contributed by atoms with Crippen LogP contribution in [0.2, 0.25) is 0 Å². The minimum absolute atomic E-state index is 0.413. The first-order valence-corrected chi connectivity index (χ1v) is 4.65. The van der Waals surface area contributed by atoms with Gasteiger partial charge in [0.1, 0.15) is 0 Å². The first kappa shape index (κ1) is 9.46. The number of nitrogens with two attached hydrogens (primary N) is 1. The second-order valence-corrected chi connectivity index (χ2v) is 3.23. The lowest BCUT2D eigenvalue weighted by Gasteiger charge is -2.06. The minimum Gasteiger partial charge on any atom is -0.398 e. The molecule has 0 aliphatic rings. The van der Waals surface area contributed by atoms with Crippen molar-refractivity contribution < 1.29 is 4.79 Å². The quantitative estimate of drug-likeness (QED) is 0.749. The number of carbonyl (C=O) groups excluding carboxylic acids is 1. The van der Waals surface area contributed by atoms with E-state index in [1.165, 1.54) is 0 Å². The molecule has 2 N–H and O–H groups in total. The molecule has 2 aromatic carbocycles. The van der Waals surface area contributed by atoms with Gasteiger partial charge in [-0.2, -0.15) is 0 Å². The molecule has 0 bridgehead atoms. The molecular formula is C13H10NO. The highest BCUT2D eigenvalue weighted by Gasteiger charge is 2.05. The van der Waals surface area contributed by atoms with E-state index in [9.17, 15) is 4.79 Å². The Morgan fingerprint density at radius 2 is 1.67 bits per heavy atom. The van der Waals surface area contributed by atoms with Crippen LogP contribution in [-0.2, 0) is 4.79 Å². The highest BCUT2D eigenvalue weighted by Crippen LogP contribution is 2.27. The molecule has 73 valence electrons. The molecule has 2 nitrogen and oxygen atoms in total. The lowest BCUT2D eigenvalue weighted by molar-refractivity contribution is 0.563. The van der Waals surface area contributed by atoms with Crippen LogP contribution in [0.4, 0.5) is 5.69 Å². The first-order valence-electron chi connectivity index (χ1n) is 4.65. The van der Waals surface area contributed by atoms with Gasteiger partial charge in [0, 0.05) is 11.1 Å². The van der Waals surface area contributed by atoms with Crippen molar-refractivity contribution >= 4 is 12.0 Å². The van der Waals surface area contributed by atoms with Crippen LogP contribution in [0.5, 0.6) is 0 Å². The highest BCUT2D eigenvalue weighted by molar-refractivity contribution is 5.91. The molecule has 0 saturated heterocycles. The molecule has 0 aromatic heterocycles. The number of hydrogen-bond acceptors (Lipinski definition) is 2. The second-order valence-electron chi connectivity index (χ2n) is 3.23. The molecule has 2 heteroatoms. The van der Waals surface area contributed by atoms with Gasteiger partial charge in [0.25, 0.3) is 0 Å². The van der Waals surface area contributed by atoms with Gasteiger partial charge in [0.05, 0.1) is 5.69 Å².